The van der Waals surface area contributed by atoms with E-state index in [-0.39, 0.29) is 0 Å². The Kier molecular flexibility index (Phi) is 4.35. The maximum absolute atomic E-state index is 3.55. The lowest BCUT2D eigenvalue weighted by Crippen LogP contribution is -2.25. The molecule has 14 heavy (non-hydrogen) atoms. The van der Waals surface area contributed by atoms with Crippen LogP contribution in [0.15, 0.2) is 16.8 Å². The zero-order valence-corrected chi connectivity index (χ0v) is 10.0. The molecule has 0 unspecified atom stereocenters. The molecular weight excluding hydrogens is 210 g/mol. The number of nitrogens with one attached hydrogen (secondary N) is 1. The van der Waals surface area contributed by atoms with Crippen LogP contribution in [-0.2, 0) is 6.54 Å². The molecule has 0 bridgehead atoms. The average molecular weight is 227 g/mol. The van der Waals surface area contributed by atoms with Crippen molar-refractivity contribution in [3.8, 4) is 0 Å². The van der Waals surface area contributed by atoms with Gasteiger partial charge >= 0.3 is 0 Å². The number of rotatable bonds is 4. The first kappa shape index (κ1) is 10.5. The number of thiophene rings is 1. The quantitative estimate of drug-likeness (QED) is 0.848. The molecule has 1 aliphatic rings. The summed E-state index contributed by atoms with van der Waals surface area (Å²) in [6.45, 7) is 2.25. The number of hydrogen-bond acceptors (Lipinski definition) is 3. The van der Waals surface area contributed by atoms with Gasteiger partial charge < -0.3 is 5.32 Å². The highest BCUT2D eigenvalue weighted by molar-refractivity contribution is 7.99. The van der Waals surface area contributed by atoms with Gasteiger partial charge in [0.2, 0.25) is 0 Å². The molecule has 78 valence electrons. The van der Waals surface area contributed by atoms with Crippen LogP contribution in [0.4, 0.5) is 0 Å². The van der Waals surface area contributed by atoms with Crippen LogP contribution >= 0.6 is 23.1 Å². The molecule has 1 saturated heterocycles. The van der Waals surface area contributed by atoms with E-state index in [9.17, 15) is 0 Å². The molecule has 1 aromatic rings. The molecule has 0 atom stereocenters. The molecule has 2 rings (SSSR count). The lowest BCUT2D eigenvalue weighted by atomic mass is 10.0. The summed E-state index contributed by atoms with van der Waals surface area (Å²) in [5, 5.41) is 7.93. The highest BCUT2D eigenvalue weighted by Gasteiger charge is 2.12. The molecule has 0 radical (unpaired) electrons. The lowest BCUT2D eigenvalue weighted by molar-refractivity contribution is 0.448. The first-order valence-electron chi connectivity index (χ1n) is 5.24. The van der Waals surface area contributed by atoms with Crippen molar-refractivity contribution in [3.05, 3.63) is 22.4 Å². The highest BCUT2D eigenvalue weighted by atomic mass is 32.2. The second kappa shape index (κ2) is 5.79. The molecule has 1 fully saturated rings. The Labute approximate surface area is 94.3 Å². The Morgan fingerprint density at radius 2 is 2.21 bits per heavy atom. The second-order valence-electron chi connectivity index (χ2n) is 3.82. The highest BCUT2D eigenvalue weighted by Crippen LogP contribution is 2.21. The standard InChI is InChI=1S/C11H17NS2/c1-4-13-5-2-10(1)7-12-8-11-3-6-14-9-11/h3,6,9-10,12H,1-2,4-5,7-8H2. The molecule has 0 saturated carbocycles. The van der Waals surface area contributed by atoms with Crippen molar-refractivity contribution in [2.24, 2.45) is 5.92 Å². The topological polar surface area (TPSA) is 12.0 Å². The van der Waals surface area contributed by atoms with E-state index in [1.165, 1.54) is 36.5 Å². The second-order valence-corrected chi connectivity index (χ2v) is 5.82. The van der Waals surface area contributed by atoms with Crippen molar-refractivity contribution in [3.63, 3.8) is 0 Å². The van der Waals surface area contributed by atoms with E-state index >= 15 is 0 Å². The predicted molar refractivity (Wildman–Crippen MR) is 66.1 cm³/mol. The van der Waals surface area contributed by atoms with E-state index < -0.39 is 0 Å². The number of thioether (sulfide) groups is 1. The fraction of sp³-hybridized carbons (Fsp3) is 0.636. The third kappa shape index (κ3) is 3.30. The summed E-state index contributed by atoms with van der Waals surface area (Å²) in [6.07, 6.45) is 2.81. The first-order valence-corrected chi connectivity index (χ1v) is 7.34. The molecule has 3 heteroatoms. The summed E-state index contributed by atoms with van der Waals surface area (Å²) < 4.78 is 0. The van der Waals surface area contributed by atoms with E-state index in [0.29, 0.717) is 0 Å². The van der Waals surface area contributed by atoms with Gasteiger partial charge in [0.15, 0.2) is 0 Å². The van der Waals surface area contributed by atoms with Crippen molar-refractivity contribution in [2.45, 2.75) is 19.4 Å². The Morgan fingerprint density at radius 3 is 2.93 bits per heavy atom. The van der Waals surface area contributed by atoms with Crippen molar-refractivity contribution in [2.75, 3.05) is 18.1 Å². The van der Waals surface area contributed by atoms with Crippen LogP contribution < -0.4 is 5.32 Å². The van der Waals surface area contributed by atoms with Crippen LogP contribution in [0.1, 0.15) is 18.4 Å². The van der Waals surface area contributed by atoms with Gasteiger partial charge in [0.1, 0.15) is 0 Å². The van der Waals surface area contributed by atoms with E-state index in [4.69, 9.17) is 0 Å². The normalized spacial score (nSPS) is 18.6. The molecular formula is C11H17NS2. The van der Waals surface area contributed by atoms with Crippen molar-refractivity contribution < 1.29 is 0 Å². The van der Waals surface area contributed by atoms with Crippen LogP contribution in [0.2, 0.25) is 0 Å². The van der Waals surface area contributed by atoms with E-state index in [1.54, 1.807) is 11.3 Å². The monoisotopic (exact) mass is 227 g/mol. The van der Waals surface area contributed by atoms with Crippen LogP contribution in [0.5, 0.6) is 0 Å². The molecule has 1 aromatic heterocycles. The van der Waals surface area contributed by atoms with Crippen LogP contribution in [0.3, 0.4) is 0 Å². The van der Waals surface area contributed by atoms with Gasteiger partial charge in [-0.25, -0.2) is 0 Å². The van der Waals surface area contributed by atoms with E-state index in [2.05, 4.69) is 33.9 Å². The third-order valence-electron chi connectivity index (χ3n) is 2.68. The fourth-order valence-electron chi connectivity index (χ4n) is 1.76. The van der Waals surface area contributed by atoms with Gasteiger partial charge in [0.25, 0.3) is 0 Å². The summed E-state index contributed by atoms with van der Waals surface area (Å²) in [5.41, 5.74) is 1.43. The van der Waals surface area contributed by atoms with Gasteiger partial charge in [-0.15, -0.1) is 0 Å². The molecule has 0 aromatic carbocycles. The van der Waals surface area contributed by atoms with Gasteiger partial charge in [0.05, 0.1) is 0 Å². The molecule has 2 heterocycles. The smallest absolute Gasteiger partial charge is 0.0213 e. The van der Waals surface area contributed by atoms with Gasteiger partial charge in [0, 0.05) is 6.54 Å². The maximum Gasteiger partial charge on any atom is 0.0213 e. The molecule has 0 aliphatic carbocycles. The van der Waals surface area contributed by atoms with Crippen LogP contribution in [0, 0.1) is 5.92 Å². The summed E-state index contributed by atoms with van der Waals surface area (Å²) in [4.78, 5) is 0. The van der Waals surface area contributed by atoms with Gasteiger partial charge in [-0.2, -0.15) is 23.1 Å². The summed E-state index contributed by atoms with van der Waals surface area (Å²) in [5.74, 6) is 3.66. The maximum atomic E-state index is 3.55. The minimum Gasteiger partial charge on any atom is -0.312 e. The zero-order valence-electron chi connectivity index (χ0n) is 8.37. The summed E-state index contributed by atoms with van der Waals surface area (Å²) in [7, 11) is 0. The molecule has 1 aliphatic heterocycles. The van der Waals surface area contributed by atoms with Crippen molar-refractivity contribution in [1.82, 2.24) is 5.32 Å². The van der Waals surface area contributed by atoms with Crippen LogP contribution in [-0.4, -0.2) is 18.1 Å². The Balaban J connectivity index is 1.62. The minimum atomic E-state index is 0.926. The fourth-order valence-corrected chi connectivity index (χ4v) is 3.64. The largest absolute Gasteiger partial charge is 0.312 e. The first-order chi connectivity index (χ1) is 6.95. The molecule has 0 amide bonds. The molecule has 0 spiro atoms. The zero-order chi connectivity index (χ0) is 9.64. The minimum absolute atomic E-state index is 0.926. The Hall–Kier alpha value is 0.01000. The Bertz CT molecular complexity index is 240. The Morgan fingerprint density at radius 1 is 1.36 bits per heavy atom. The van der Waals surface area contributed by atoms with Gasteiger partial charge in [-0.05, 0) is 59.2 Å². The van der Waals surface area contributed by atoms with Crippen LogP contribution in [0.25, 0.3) is 0 Å². The predicted octanol–water partition coefficient (Wildman–Crippen LogP) is 2.98. The van der Waals surface area contributed by atoms with Gasteiger partial charge in [-0.3, -0.25) is 0 Å². The SMILES string of the molecule is c1cc(CNCC2CCSCC2)cs1. The van der Waals surface area contributed by atoms with E-state index in [0.717, 1.165) is 12.5 Å². The van der Waals surface area contributed by atoms with Gasteiger partial charge in [-0.1, -0.05) is 0 Å². The summed E-state index contributed by atoms with van der Waals surface area (Å²) >= 11 is 3.89. The summed E-state index contributed by atoms with van der Waals surface area (Å²) in [6, 6.07) is 2.20. The third-order valence-corrected chi connectivity index (χ3v) is 4.46. The van der Waals surface area contributed by atoms with Crippen molar-refractivity contribution >= 4 is 23.1 Å². The molecule has 1 nitrogen and oxygen atoms in total. The van der Waals surface area contributed by atoms with Crippen molar-refractivity contribution in [1.29, 1.82) is 0 Å². The number of hydrogen-bond donors (Lipinski definition) is 1. The van der Waals surface area contributed by atoms with E-state index in [1.807, 2.05) is 0 Å². The lowest BCUT2D eigenvalue weighted by Gasteiger charge is -2.21. The molecule has 1 N–H and O–H groups in total. The average Bonchev–Trinajstić information content (AvgIpc) is 2.72.